The minimum absolute atomic E-state index is 0.114. The molecule has 6 nitrogen and oxygen atoms in total. The standard InChI is InChI=1S/C21H22N4O2/c1-21(2,3)15-6-4-14(5-7-15)19-22-13-23-20(25-19)24-16-8-9-17-18(12-16)27-11-10-26-17/h4-9,12-13H,10-11H2,1-3H3,(H,22,23,24,25). The smallest absolute Gasteiger partial charge is 0.230 e. The molecule has 0 atom stereocenters. The maximum absolute atomic E-state index is 5.62. The fourth-order valence-corrected chi connectivity index (χ4v) is 2.87. The molecule has 4 rings (SSSR count). The first-order valence-electron chi connectivity index (χ1n) is 8.96. The molecular formula is C21H22N4O2. The maximum atomic E-state index is 5.62. The van der Waals surface area contributed by atoms with Crippen molar-refractivity contribution >= 4 is 11.6 Å². The number of rotatable bonds is 3. The molecule has 0 aliphatic carbocycles. The van der Waals surface area contributed by atoms with Crippen molar-refractivity contribution < 1.29 is 9.47 Å². The molecule has 0 bridgehead atoms. The molecule has 0 fully saturated rings. The third-order valence-corrected chi connectivity index (χ3v) is 4.38. The molecule has 0 saturated heterocycles. The topological polar surface area (TPSA) is 69.2 Å². The van der Waals surface area contributed by atoms with Crippen LogP contribution in [-0.4, -0.2) is 28.2 Å². The molecule has 27 heavy (non-hydrogen) atoms. The number of nitrogens with one attached hydrogen (secondary N) is 1. The molecule has 1 aromatic heterocycles. The molecule has 1 aliphatic heterocycles. The van der Waals surface area contributed by atoms with Gasteiger partial charge in [-0.2, -0.15) is 4.98 Å². The Hall–Kier alpha value is -3.15. The molecule has 138 valence electrons. The number of hydrogen-bond donors (Lipinski definition) is 1. The molecule has 2 heterocycles. The van der Waals surface area contributed by atoms with Crippen molar-refractivity contribution in [3.63, 3.8) is 0 Å². The van der Waals surface area contributed by atoms with Gasteiger partial charge in [0.1, 0.15) is 19.5 Å². The average molecular weight is 362 g/mol. The van der Waals surface area contributed by atoms with Crippen molar-refractivity contribution in [3.8, 4) is 22.9 Å². The lowest BCUT2D eigenvalue weighted by molar-refractivity contribution is 0.171. The van der Waals surface area contributed by atoms with E-state index in [4.69, 9.17) is 9.47 Å². The Morgan fingerprint density at radius 1 is 0.889 bits per heavy atom. The van der Waals surface area contributed by atoms with E-state index < -0.39 is 0 Å². The van der Waals surface area contributed by atoms with Crippen molar-refractivity contribution in [1.82, 2.24) is 15.0 Å². The lowest BCUT2D eigenvalue weighted by Gasteiger charge is -2.19. The summed E-state index contributed by atoms with van der Waals surface area (Å²) in [6.45, 7) is 7.71. The van der Waals surface area contributed by atoms with Crippen LogP contribution in [0.4, 0.5) is 11.6 Å². The van der Waals surface area contributed by atoms with Crippen LogP contribution in [-0.2, 0) is 5.41 Å². The van der Waals surface area contributed by atoms with Gasteiger partial charge in [0.05, 0.1) is 0 Å². The van der Waals surface area contributed by atoms with Crippen LogP contribution in [0.3, 0.4) is 0 Å². The summed E-state index contributed by atoms with van der Waals surface area (Å²) in [4.78, 5) is 13.1. The van der Waals surface area contributed by atoms with Gasteiger partial charge < -0.3 is 14.8 Å². The number of benzene rings is 2. The minimum atomic E-state index is 0.114. The van der Waals surface area contributed by atoms with Crippen LogP contribution in [0, 0.1) is 0 Å². The van der Waals surface area contributed by atoms with Gasteiger partial charge in [0.25, 0.3) is 0 Å². The molecule has 0 amide bonds. The van der Waals surface area contributed by atoms with Crippen LogP contribution in [0.1, 0.15) is 26.3 Å². The number of anilines is 2. The Morgan fingerprint density at radius 3 is 2.37 bits per heavy atom. The van der Waals surface area contributed by atoms with E-state index in [-0.39, 0.29) is 5.41 Å². The van der Waals surface area contributed by atoms with Crippen molar-refractivity contribution in [2.75, 3.05) is 18.5 Å². The third-order valence-electron chi connectivity index (χ3n) is 4.38. The highest BCUT2D eigenvalue weighted by molar-refractivity contribution is 5.62. The number of nitrogens with zero attached hydrogens (tertiary/aromatic N) is 3. The molecule has 6 heteroatoms. The maximum Gasteiger partial charge on any atom is 0.230 e. The van der Waals surface area contributed by atoms with Crippen molar-refractivity contribution in [3.05, 3.63) is 54.4 Å². The normalized spacial score (nSPS) is 13.3. The van der Waals surface area contributed by atoms with Gasteiger partial charge >= 0.3 is 0 Å². The van der Waals surface area contributed by atoms with E-state index in [2.05, 4.69) is 53.2 Å². The predicted octanol–water partition coefficient (Wildman–Crippen LogP) is 4.35. The van der Waals surface area contributed by atoms with Crippen molar-refractivity contribution in [2.24, 2.45) is 0 Å². The first-order chi connectivity index (χ1) is 13.0. The van der Waals surface area contributed by atoms with Gasteiger partial charge in [-0.3, -0.25) is 0 Å². The summed E-state index contributed by atoms with van der Waals surface area (Å²) in [6, 6.07) is 14.0. The van der Waals surface area contributed by atoms with Crippen molar-refractivity contribution in [1.29, 1.82) is 0 Å². The lowest BCUT2D eigenvalue weighted by atomic mass is 9.87. The number of ether oxygens (including phenoxy) is 2. The second kappa shape index (κ2) is 6.87. The second-order valence-electron chi connectivity index (χ2n) is 7.44. The van der Waals surface area contributed by atoms with Gasteiger partial charge in [-0.05, 0) is 23.1 Å². The molecule has 2 aromatic carbocycles. The summed E-state index contributed by atoms with van der Waals surface area (Å²) >= 11 is 0. The summed E-state index contributed by atoms with van der Waals surface area (Å²) in [7, 11) is 0. The van der Waals surface area contributed by atoms with Crippen LogP contribution in [0.2, 0.25) is 0 Å². The monoisotopic (exact) mass is 362 g/mol. The van der Waals surface area contributed by atoms with E-state index >= 15 is 0 Å². The fraction of sp³-hybridized carbons (Fsp3) is 0.286. The molecule has 3 aromatic rings. The molecular weight excluding hydrogens is 340 g/mol. The largest absolute Gasteiger partial charge is 0.486 e. The van der Waals surface area contributed by atoms with Gasteiger partial charge in [-0.15, -0.1) is 0 Å². The zero-order valence-electron chi connectivity index (χ0n) is 15.7. The number of hydrogen-bond acceptors (Lipinski definition) is 6. The highest BCUT2D eigenvalue weighted by Crippen LogP contribution is 2.33. The fourth-order valence-electron chi connectivity index (χ4n) is 2.87. The summed E-state index contributed by atoms with van der Waals surface area (Å²) < 4.78 is 11.2. The van der Waals surface area contributed by atoms with E-state index in [9.17, 15) is 0 Å². The molecule has 0 unspecified atom stereocenters. The van der Waals surface area contributed by atoms with Crippen LogP contribution in [0.25, 0.3) is 11.4 Å². The Labute approximate surface area is 158 Å². The SMILES string of the molecule is CC(C)(C)c1ccc(-c2ncnc(Nc3ccc4c(c3)OCCO4)n2)cc1. The zero-order chi connectivity index (χ0) is 18.9. The molecule has 1 aliphatic rings. The summed E-state index contributed by atoms with van der Waals surface area (Å²) in [5, 5.41) is 3.20. The van der Waals surface area contributed by atoms with E-state index in [0.717, 1.165) is 22.7 Å². The van der Waals surface area contributed by atoms with Crippen LogP contribution in [0.15, 0.2) is 48.8 Å². The molecule has 0 saturated carbocycles. The van der Waals surface area contributed by atoms with Gasteiger partial charge in [0, 0.05) is 17.3 Å². The van der Waals surface area contributed by atoms with Crippen LogP contribution < -0.4 is 14.8 Å². The zero-order valence-corrected chi connectivity index (χ0v) is 15.7. The van der Waals surface area contributed by atoms with Gasteiger partial charge in [0.15, 0.2) is 17.3 Å². The van der Waals surface area contributed by atoms with Gasteiger partial charge in [0.2, 0.25) is 5.95 Å². The predicted molar refractivity (Wildman–Crippen MR) is 105 cm³/mol. The van der Waals surface area contributed by atoms with Crippen LogP contribution >= 0.6 is 0 Å². The quantitative estimate of drug-likeness (QED) is 0.747. The van der Waals surface area contributed by atoms with E-state index in [1.807, 2.05) is 30.3 Å². The van der Waals surface area contributed by atoms with E-state index in [0.29, 0.717) is 25.0 Å². The minimum Gasteiger partial charge on any atom is -0.486 e. The number of aromatic nitrogens is 3. The second-order valence-corrected chi connectivity index (χ2v) is 7.44. The highest BCUT2D eigenvalue weighted by Gasteiger charge is 2.14. The van der Waals surface area contributed by atoms with Crippen molar-refractivity contribution in [2.45, 2.75) is 26.2 Å². The summed E-state index contributed by atoms with van der Waals surface area (Å²) in [5.41, 5.74) is 3.17. The van der Waals surface area contributed by atoms with Gasteiger partial charge in [-0.1, -0.05) is 45.0 Å². The number of fused-ring (bicyclic) bond motifs is 1. The Kier molecular flexibility index (Phi) is 4.39. The summed E-state index contributed by atoms with van der Waals surface area (Å²) in [5.74, 6) is 2.59. The molecule has 0 spiro atoms. The Balaban J connectivity index is 1.56. The lowest BCUT2D eigenvalue weighted by Crippen LogP contribution is -2.15. The Morgan fingerprint density at radius 2 is 1.63 bits per heavy atom. The highest BCUT2D eigenvalue weighted by atomic mass is 16.6. The first kappa shape index (κ1) is 17.3. The van der Waals surface area contributed by atoms with E-state index in [1.165, 1.54) is 11.9 Å². The summed E-state index contributed by atoms with van der Waals surface area (Å²) in [6.07, 6.45) is 1.51. The molecule has 1 N–H and O–H groups in total. The van der Waals surface area contributed by atoms with E-state index in [1.54, 1.807) is 0 Å². The third kappa shape index (κ3) is 3.84. The van der Waals surface area contributed by atoms with Crippen LogP contribution in [0.5, 0.6) is 11.5 Å². The first-order valence-corrected chi connectivity index (χ1v) is 8.96. The van der Waals surface area contributed by atoms with Gasteiger partial charge in [-0.25, -0.2) is 9.97 Å². The Bertz CT molecular complexity index is 949. The average Bonchev–Trinajstić information content (AvgIpc) is 2.68. The molecule has 0 radical (unpaired) electrons.